The van der Waals surface area contributed by atoms with Crippen LogP contribution in [0.3, 0.4) is 0 Å². The molecule has 43 heavy (non-hydrogen) atoms. The minimum Gasteiger partial charge on any atom is -0.366 e. The molecule has 3 N–H and O–H groups in total. The van der Waals surface area contributed by atoms with Crippen molar-refractivity contribution in [2.75, 3.05) is 32.7 Å². The highest BCUT2D eigenvalue weighted by molar-refractivity contribution is 5.94. The molecule has 0 radical (unpaired) electrons. The van der Waals surface area contributed by atoms with Gasteiger partial charge in [0.05, 0.1) is 24.1 Å². The molecule has 3 aromatic rings. The summed E-state index contributed by atoms with van der Waals surface area (Å²) >= 11 is 0. The average Bonchev–Trinajstić information content (AvgIpc) is 3.76. The summed E-state index contributed by atoms with van der Waals surface area (Å²) in [7, 11) is 0. The Balaban J connectivity index is 0.978. The van der Waals surface area contributed by atoms with E-state index in [1.165, 1.54) is 83.1 Å². The molecule has 0 bridgehead atoms. The van der Waals surface area contributed by atoms with E-state index in [0.29, 0.717) is 24.1 Å². The number of benzene rings is 2. The summed E-state index contributed by atoms with van der Waals surface area (Å²) in [5.74, 6) is 0.793. The molecule has 3 fully saturated rings. The van der Waals surface area contributed by atoms with E-state index < -0.39 is 5.66 Å². The lowest BCUT2D eigenvalue weighted by atomic mass is 9.77. The molecule has 1 saturated carbocycles. The third kappa shape index (κ3) is 6.31. The summed E-state index contributed by atoms with van der Waals surface area (Å²) in [6, 6.07) is 17.2. The quantitative estimate of drug-likeness (QED) is 0.339. The second kappa shape index (κ2) is 12.0. The van der Waals surface area contributed by atoms with Gasteiger partial charge in [0.25, 0.3) is 5.91 Å². The molecule has 8 heteroatoms. The van der Waals surface area contributed by atoms with Crippen LogP contribution in [0.2, 0.25) is 0 Å². The number of nitrogens with one attached hydrogen (secondary N) is 3. The summed E-state index contributed by atoms with van der Waals surface area (Å²) in [5, 5.41) is 6.70. The first kappa shape index (κ1) is 28.4. The largest absolute Gasteiger partial charge is 0.366 e. The molecule has 2 saturated heterocycles. The zero-order valence-corrected chi connectivity index (χ0v) is 25.7. The predicted molar refractivity (Wildman–Crippen MR) is 171 cm³/mol. The van der Waals surface area contributed by atoms with E-state index in [2.05, 4.69) is 44.5 Å². The summed E-state index contributed by atoms with van der Waals surface area (Å²) in [6.45, 7) is 8.90. The molecule has 7 rings (SSSR count). The van der Waals surface area contributed by atoms with Gasteiger partial charge in [-0.1, -0.05) is 43.5 Å². The first-order valence-electron chi connectivity index (χ1n) is 16.4. The number of piperidine rings is 1. The van der Waals surface area contributed by atoms with E-state index in [-0.39, 0.29) is 5.91 Å². The van der Waals surface area contributed by atoms with Crippen molar-refractivity contribution in [1.82, 2.24) is 35.3 Å². The van der Waals surface area contributed by atoms with E-state index in [4.69, 9.17) is 4.98 Å². The molecular weight excluding hydrogens is 534 g/mol. The van der Waals surface area contributed by atoms with Gasteiger partial charge in [-0.15, -0.1) is 0 Å². The molecule has 4 heterocycles. The maximum absolute atomic E-state index is 13.9. The fraction of sp³-hybridized carbons (Fsp3) is 0.543. The summed E-state index contributed by atoms with van der Waals surface area (Å²) in [4.78, 5) is 29.4. The SMILES string of the molecule is CC1(CN(Cc2nc3ccccc3[nH]2)C(=O)c2ccc(CN3CCC4(CCN(C5CCCCC5)CC4)C3)cc2)NC=CN1. The Kier molecular flexibility index (Phi) is 7.91. The Labute approximate surface area is 255 Å². The number of hydrogen-bond acceptors (Lipinski definition) is 6. The molecule has 4 aliphatic rings. The lowest BCUT2D eigenvalue weighted by Gasteiger charge is -2.43. The lowest BCUT2D eigenvalue weighted by molar-refractivity contribution is 0.0615. The standard InChI is InChI=1S/C35H47N7O/c1-34(36-18-19-37-34)25-42(24-32-38-30-9-5-6-10-31(30)39-32)33(43)28-13-11-27(12-14-28)23-40-20-15-35(26-40)16-21-41(22-17-35)29-7-3-2-4-8-29/h5-6,9-14,18-19,29,36-37H,2-4,7-8,15-17,20-26H2,1H3,(H,38,39). The van der Waals surface area contributed by atoms with Crippen LogP contribution < -0.4 is 10.6 Å². The molecule has 8 nitrogen and oxygen atoms in total. The maximum Gasteiger partial charge on any atom is 0.254 e. The van der Waals surface area contributed by atoms with Gasteiger partial charge in [-0.05, 0) is 93.9 Å². The van der Waals surface area contributed by atoms with E-state index in [9.17, 15) is 4.79 Å². The molecule has 0 unspecified atom stereocenters. The molecule has 0 atom stereocenters. The number of likely N-dealkylation sites (tertiary alicyclic amines) is 2. The van der Waals surface area contributed by atoms with E-state index in [1.54, 1.807) is 0 Å². The Bertz CT molecular complexity index is 1390. The van der Waals surface area contributed by atoms with Gasteiger partial charge in [-0.3, -0.25) is 9.69 Å². The topological polar surface area (TPSA) is 79.5 Å². The fourth-order valence-corrected chi connectivity index (χ4v) is 8.00. The van der Waals surface area contributed by atoms with Gasteiger partial charge < -0.3 is 25.4 Å². The van der Waals surface area contributed by atoms with Crippen LogP contribution in [0.25, 0.3) is 11.0 Å². The molecule has 1 amide bonds. The van der Waals surface area contributed by atoms with Crippen LogP contribution in [0.4, 0.5) is 0 Å². The van der Waals surface area contributed by atoms with Gasteiger partial charge in [-0.2, -0.15) is 0 Å². The van der Waals surface area contributed by atoms with Gasteiger partial charge in [0, 0.05) is 37.1 Å². The molecule has 1 aromatic heterocycles. The van der Waals surface area contributed by atoms with E-state index >= 15 is 0 Å². The number of carbonyl (C=O) groups is 1. The summed E-state index contributed by atoms with van der Waals surface area (Å²) < 4.78 is 0. The molecule has 1 spiro atoms. The zero-order valence-electron chi connectivity index (χ0n) is 25.7. The zero-order chi connectivity index (χ0) is 29.3. The predicted octanol–water partition coefficient (Wildman–Crippen LogP) is 5.21. The Morgan fingerprint density at radius 2 is 1.67 bits per heavy atom. The number of rotatable bonds is 8. The number of fused-ring (bicyclic) bond motifs is 1. The minimum absolute atomic E-state index is 0.00795. The number of nitrogens with zero attached hydrogens (tertiary/aromatic N) is 4. The number of hydrogen-bond donors (Lipinski definition) is 3. The Morgan fingerprint density at radius 1 is 0.953 bits per heavy atom. The van der Waals surface area contributed by atoms with Crippen molar-refractivity contribution in [3.8, 4) is 0 Å². The van der Waals surface area contributed by atoms with E-state index in [1.807, 2.05) is 53.7 Å². The van der Waals surface area contributed by atoms with Gasteiger partial charge in [-0.25, -0.2) is 4.98 Å². The average molecular weight is 582 g/mol. The minimum atomic E-state index is -0.431. The maximum atomic E-state index is 13.9. The molecule has 2 aromatic carbocycles. The highest BCUT2D eigenvalue weighted by Crippen LogP contribution is 2.42. The third-order valence-electron chi connectivity index (χ3n) is 10.5. The van der Waals surface area contributed by atoms with Crippen molar-refractivity contribution in [2.45, 2.75) is 83.1 Å². The van der Waals surface area contributed by atoms with Gasteiger partial charge in [0.15, 0.2) is 0 Å². The van der Waals surface area contributed by atoms with Crippen LogP contribution in [-0.2, 0) is 13.1 Å². The van der Waals surface area contributed by atoms with Crippen LogP contribution in [-0.4, -0.2) is 75.0 Å². The second-order valence-electron chi connectivity index (χ2n) is 13.8. The van der Waals surface area contributed by atoms with E-state index in [0.717, 1.165) is 29.4 Å². The van der Waals surface area contributed by atoms with Gasteiger partial charge in [0.2, 0.25) is 0 Å². The molecule has 1 aliphatic carbocycles. The number of amides is 1. The first-order chi connectivity index (χ1) is 21.0. The van der Waals surface area contributed by atoms with Crippen LogP contribution in [0.15, 0.2) is 60.9 Å². The second-order valence-corrected chi connectivity index (χ2v) is 13.8. The van der Waals surface area contributed by atoms with Crippen molar-refractivity contribution in [3.05, 3.63) is 77.9 Å². The van der Waals surface area contributed by atoms with Gasteiger partial charge >= 0.3 is 0 Å². The van der Waals surface area contributed by atoms with Crippen molar-refractivity contribution in [3.63, 3.8) is 0 Å². The van der Waals surface area contributed by atoms with Crippen molar-refractivity contribution in [2.24, 2.45) is 5.41 Å². The molecular formula is C35H47N7O. The first-order valence-corrected chi connectivity index (χ1v) is 16.4. The number of imidazole rings is 1. The van der Waals surface area contributed by atoms with Crippen LogP contribution >= 0.6 is 0 Å². The van der Waals surface area contributed by atoms with Crippen molar-refractivity contribution >= 4 is 16.9 Å². The number of aromatic amines is 1. The van der Waals surface area contributed by atoms with Crippen LogP contribution in [0.1, 0.15) is 80.0 Å². The van der Waals surface area contributed by atoms with Crippen molar-refractivity contribution < 1.29 is 4.79 Å². The number of carbonyl (C=O) groups excluding carboxylic acids is 1. The normalized spacial score (nSPS) is 22.2. The smallest absolute Gasteiger partial charge is 0.254 e. The molecule has 3 aliphatic heterocycles. The highest BCUT2D eigenvalue weighted by atomic mass is 16.2. The Morgan fingerprint density at radius 3 is 2.42 bits per heavy atom. The van der Waals surface area contributed by atoms with Crippen LogP contribution in [0.5, 0.6) is 0 Å². The monoisotopic (exact) mass is 581 g/mol. The third-order valence-corrected chi connectivity index (χ3v) is 10.5. The van der Waals surface area contributed by atoms with Crippen molar-refractivity contribution in [1.29, 1.82) is 0 Å². The molecule has 228 valence electrons. The number of aromatic nitrogens is 2. The van der Waals surface area contributed by atoms with Crippen LogP contribution in [0, 0.1) is 5.41 Å². The lowest BCUT2D eigenvalue weighted by Crippen LogP contribution is -2.55. The Hall–Kier alpha value is -3.36. The summed E-state index contributed by atoms with van der Waals surface area (Å²) in [5.41, 5.74) is 3.97. The summed E-state index contributed by atoms with van der Waals surface area (Å²) in [6.07, 6.45) is 14.9. The van der Waals surface area contributed by atoms with Gasteiger partial charge in [0.1, 0.15) is 11.5 Å². The number of H-pyrrole nitrogens is 1. The number of para-hydroxylation sites is 2. The highest BCUT2D eigenvalue weighted by Gasteiger charge is 2.41. The fourth-order valence-electron chi connectivity index (χ4n) is 8.00.